The molecule has 1 heterocycles. The summed E-state index contributed by atoms with van der Waals surface area (Å²) in [7, 11) is -2.62. The fourth-order valence-electron chi connectivity index (χ4n) is 2.12. The van der Waals surface area contributed by atoms with E-state index in [1.54, 1.807) is 0 Å². The van der Waals surface area contributed by atoms with Gasteiger partial charge in [0.05, 0.1) is 12.8 Å². The van der Waals surface area contributed by atoms with E-state index in [0.717, 1.165) is 4.31 Å². The number of sulfonamides is 1. The lowest BCUT2D eigenvalue weighted by Gasteiger charge is -2.24. The number of ether oxygens (including phenoxy) is 1. The summed E-state index contributed by atoms with van der Waals surface area (Å²) in [4.78, 5) is 11.6. The summed E-state index contributed by atoms with van der Waals surface area (Å²) < 4.78 is 30.9. The second kappa shape index (κ2) is 5.29. The summed E-state index contributed by atoms with van der Waals surface area (Å²) in [5.41, 5.74) is 0.324. The summed E-state index contributed by atoms with van der Waals surface area (Å²) >= 11 is 0. The molecule has 1 atom stereocenters. The number of phenols is 1. The lowest BCUT2D eigenvalue weighted by atomic mass is 10.3. The Bertz CT molecular complexity index is 629. The molecule has 0 aromatic heterocycles. The second-order valence-electron chi connectivity index (χ2n) is 4.42. The molecule has 0 aliphatic carbocycles. The lowest BCUT2D eigenvalue weighted by Crippen LogP contribution is -2.44. The van der Waals surface area contributed by atoms with Gasteiger partial charge >= 0.3 is 5.97 Å². The van der Waals surface area contributed by atoms with E-state index in [4.69, 9.17) is 0 Å². The fraction of sp³-hybridized carbons (Fsp3) is 0.417. The second-order valence-corrected chi connectivity index (χ2v) is 6.28. The van der Waals surface area contributed by atoms with Crippen LogP contribution in [0.4, 0.5) is 5.69 Å². The molecule has 0 bridgehead atoms. The maximum atomic E-state index is 12.6. The number of esters is 1. The van der Waals surface area contributed by atoms with E-state index in [9.17, 15) is 18.3 Å². The number of phenolic OH excluding ortho intramolecular Hbond substituents is 1. The van der Waals surface area contributed by atoms with Crippen molar-refractivity contribution in [1.29, 1.82) is 0 Å². The number of hydrogen-bond donors (Lipinski definition) is 2. The minimum absolute atomic E-state index is 0.0269. The fourth-order valence-corrected chi connectivity index (χ4v) is 3.85. The highest BCUT2D eigenvalue weighted by Gasteiger charge is 2.36. The number of hydrogen-bond acceptors (Lipinski definition) is 6. The Balaban J connectivity index is 2.49. The van der Waals surface area contributed by atoms with Crippen LogP contribution in [0.5, 0.6) is 5.75 Å². The molecule has 0 radical (unpaired) electrons. The van der Waals surface area contributed by atoms with Gasteiger partial charge in [-0.1, -0.05) is 0 Å². The SMILES string of the molecule is COC(=O)[C@@H](C)N1CCNc2cc(O)ccc2S1(=O)=O. The number of carbonyl (C=O) groups is 1. The predicted octanol–water partition coefficient (Wildman–Crippen LogP) is 0.370. The maximum Gasteiger partial charge on any atom is 0.323 e. The average molecular weight is 300 g/mol. The molecule has 1 aliphatic heterocycles. The molecular formula is C12H16N2O5S. The van der Waals surface area contributed by atoms with Gasteiger partial charge in [0.25, 0.3) is 0 Å². The van der Waals surface area contributed by atoms with Gasteiger partial charge in [-0.3, -0.25) is 4.79 Å². The smallest absolute Gasteiger partial charge is 0.323 e. The highest BCUT2D eigenvalue weighted by Crippen LogP contribution is 2.31. The third-order valence-corrected chi connectivity index (χ3v) is 5.20. The Labute approximate surface area is 117 Å². The van der Waals surface area contributed by atoms with Gasteiger partial charge in [-0.05, 0) is 19.1 Å². The summed E-state index contributed by atoms with van der Waals surface area (Å²) in [5, 5.41) is 12.4. The first-order valence-corrected chi connectivity index (χ1v) is 7.48. The molecule has 0 amide bonds. The highest BCUT2D eigenvalue weighted by molar-refractivity contribution is 7.89. The summed E-state index contributed by atoms with van der Waals surface area (Å²) in [6.07, 6.45) is 0. The van der Waals surface area contributed by atoms with Crippen LogP contribution in [0.25, 0.3) is 0 Å². The number of benzene rings is 1. The van der Waals surface area contributed by atoms with Gasteiger partial charge in [-0.2, -0.15) is 4.31 Å². The Morgan fingerprint density at radius 1 is 1.50 bits per heavy atom. The van der Waals surface area contributed by atoms with Gasteiger partial charge in [-0.25, -0.2) is 8.42 Å². The molecule has 1 aromatic carbocycles. The van der Waals surface area contributed by atoms with Gasteiger partial charge in [0.15, 0.2) is 0 Å². The third kappa shape index (κ3) is 2.44. The molecule has 0 saturated heterocycles. The first-order valence-electron chi connectivity index (χ1n) is 6.04. The van der Waals surface area contributed by atoms with E-state index in [2.05, 4.69) is 10.1 Å². The molecule has 20 heavy (non-hydrogen) atoms. The Kier molecular flexibility index (Phi) is 3.87. The van der Waals surface area contributed by atoms with Gasteiger partial charge in [-0.15, -0.1) is 0 Å². The van der Waals surface area contributed by atoms with Crippen molar-refractivity contribution >= 4 is 21.7 Å². The zero-order valence-corrected chi connectivity index (χ0v) is 12.0. The number of fused-ring (bicyclic) bond motifs is 1. The highest BCUT2D eigenvalue weighted by atomic mass is 32.2. The van der Waals surface area contributed by atoms with E-state index in [1.807, 2.05) is 0 Å². The number of carbonyl (C=O) groups excluding carboxylic acids is 1. The van der Waals surface area contributed by atoms with Crippen molar-refractivity contribution in [3.8, 4) is 5.75 Å². The minimum atomic E-state index is -3.83. The third-order valence-electron chi connectivity index (χ3n) is 3.17. The molecule has 2 rings (SSSR count). The molecule has 1 aromatic rings. The number of methoxy groups -OCH3 is 1. The Morgan fingerprint density at radius 3 is 2.85 bits per heavy atom. The van der Waals surface area contributed by atoms with Gasteiger partial charge in [0.2, 0.25) is 10.0 Å². The minimum Gasteiger partial charge on any atom is -0.508 e. The van der Waals surface area contributed by atoms with E-state index < -0.39 is 22.0 Å². The molecule has 2 N–H and O–H groups in total. The van der Waals surface area contributed by atoms with Crippen LogP contribution in [0, 0.1) is 0 Å². The maximum absolute atomic E-state index is 12.6. The molecule has 0 saturated carbocycles. The zero-order chi connectivity index (χ0) is 14.9. The monoisotopic (exact) mass is 300 g/mol. The van der Waals surface area contributed by atoms with E-state index in [1.165, 1.54) is 32.2 Å². The first-order chi connectivity index (χ1) is 9.37. The Hall–Kier alpha value is -1.80. The van der Waals surface area contributed by atoms with Crippen LogP contribution in [0.3, 0.4) is 0 Å². The van der Waals surface area contributed by atoms with E-state index in [-0.39, 0.29) is 17.2 Å². The molecular weight excluding hydrogens is 284 g/mol. The number of nitrogens with zero attached hydrogens (tertiary/aromatic N) is 1. The number of aromatic hydroxyl groups is 1. The largest absolute Gasteiger partial charge is 0.508 e. The van der Waals surface area contributed by atoms with Gasteiger partial charge in [0, 0.05) is 19.2 Å². The predicted molar refractivity (Wildman–Crippen MR) is 72.0 cm³/mol. The molecule has 8 heteroatoms. The van der Waals surface area contributed by atoms with Crippen LogP contribution in [0.2, 0.25) is 0 Å². The molecule has 0 fully saturated rings. The topological polar surface area (TPSA) is 95.9 Å². The van der Waals surface area contributed by atoms with E-state index >= 15 is 0 Å². The van der Waals surface area contributed by atoms with Crippen molar-refractivity contribution < 1.29 is 23.1 Å². The normalized spacial score (nSPS) is 19.3. The van der Waals surface area contributed by atoms with Crippen molar-refractivity contribution in [2.75, 3.05) is 25.5 Å². The van der Waals surface area contributed by atoms with Crippen molar-refractivity contribution in [3.05, 3.63) is 18.2 Å². The van der Waals surface area contributed by atoms with Crippen LogP contribution >= 0.6 is 0 Å². The molecule has 1 aliphatic rings. The number of nitrogens with one attached hydrogen (secondary N) is 1. The number of rotatable bonds is 2. The van der Waals surface area contributed by atoms with Crippen LogP contribution in [0.1, 0.15) is 6.92 Å². The zero-order valence-electron chi connectivity index (χ0n) is 11.2. The molecule has 0 spiro atoms. The first kappa shape index (κ1) is 14.6. The van der Waals surface area contributed by atoms with E-state index in [0.29, 0.717) is 12.2 Å². The summed E-state index contributed by atoms with van der Waals surface area (Å²) in [6, 6.07) is 3.05. The van der Waals surface area contributed by atoms with Crippen LogP contribution in [-0.2, 0) is 19.6 Å². The van der Waals surface area contributed by atoms with Crippen molar-refractivity contribution in [2.45, 2.75) is 17.9 Å². The number of anilines is 1. The average Bonchev–Trinajstić information content (AvgIpc) is 2.53. The van der Waals surface area contributed by atoms with Crippen LogP contribution in [-0.4, -0.2) is 50.0 Å². The summed E-state index contributed by atoms with van der Waals surface area (Å²) in [6.45, 7) is 1.94. The van der Waals surface area contributed by atoms with Crippen molar-refractivity contribution in [3.63, 3.8) is 0 Å². The summed E-state index contributed by atoms with van der Waals surface area (Å²) in [5.74, 6) is -0.642. The Morgan fingerprint density at radius 2 is 2.20 bits per heavy atom. The quantitative estimate of drug-likeness (QED) is 0.766. The van der Waals surface area contributed by atoms with Gasteiger partial charge in [0.1, 0.15) is 16.7 Å². The lowest BCUT2D eigenvalue weighted by molar-refractivity contribution is -0.144. The van der Waals surface area contributed by atoms with Crippen LogP contribution in [0.15, 0.2) is 23.1 Å². The molecule has 7 nitrogen and oxygen atoms in total. The molecule has 110 valence electrons. The van der Waals surface area contributed by atoms with Crippen LogP contribution < -0.4 is 5.32 Å². The van der Waals surface area contributed by atoms with Gasteiger partial charge < -0.3 is 15.2 Å². The van der Waals surface area contributed by atoms with Crippen molar-refractivity contribution in [1.82, 2.24) is 4.31 Å². The standard InChI is InChI=1S/C12H16N2O5S/c1-8(12(16)19-2)14-6-5-13-10-7-9(15)3-4-11(10)20(14,17)18/h3-4,7-8,13,15H,5-6H2,1-2H3/t8-/m1/s1. The van der Waals surface area contributed by atoms with Crippen molar-refractivity contribution in [2.24, 2.45) is 0 Å². The molecule has 0 unspecified atom stereocenters.